The van der Waals surface area contributed by atoms with Gasteiger partial charge < -0.3 is 5.32 Å². The van der Waals surface area contributed by atoms with Crippen molar-refractivity contribution in [1.82, 2.24) is 5.32 Å². The second-order valence-corrected chi connectivity index (χ2v) is 5.20. The molecule has 0 saturated carbocycles. The number of nitrogens with one attached hydrogen (secondary N) is 1. The maximum atomic E-state index is 3.42. The van der Waals surface area contributed by atoms with Gasteiger partial charge in [0.25, 0.3) is 0 Å². The zero-order valence-corrected chi connectivity index (χ0v) is 11.2. The Morgan fingerprint density at radius 2 is 1.76 bits per heavy atom. The first-order chi connectivity index (χ1) is 8.18. The van der Waals surface area contributed by atoms with Crippen LogP contribution >= 0.6 is 0 Å². The van der Waals surface area contributed by atoms with Gasteiger partial charge in [-0.05, 0) is 74.9 Å². The molecule has 1 fully saturated rings. The predicted molar refractivity (Wildman–Crippen MR) is 75.2 cm³/mol. The van der Waals surface area contributed by atoms with Crippen LogP contribution in [0, 0.1) is 19.8 Å². The van der Waals surface area contributed by atoms with Crippen LogP contribution in [0.15, 0.2) is 24.3 Å². The fourth-order valence-corrected chi connectivity index (χ4v) is 2.88. The lowest BCUT2D eigenvalue weighted by molar-refractivity contribution is 0.437. The molecule has 1 saturated heterocycles. The Labute approximate surface area is 105 Å². The summed E-state index contributed by atoms with van der Waals surface area (Å²) in [5.41, 5.74) is 5.69. The molecule has 0 aliphatic carbocycles. The first-order valence-electron chi connectivity index (χ1n) is 6.64. The topological polar surface area (TPSA) is 12.0 Å². The smallest absolute Gasteiger partial charge is 0.00433 e. The van der Waals surface area contributed by atoms with Gasteiger partial charge in [-0.2, -0.15) is 0 Å². The number of hydrogen-bond donors (Lipinski definition) is 1. The van der Waals surface area contributed by atoms with Crippen molar-refractivity contribution in [3.63, 3.8) is 0 Å². The summed E-state index contributed by atoms with van der Waals surface area (Å²) in [5, 5.41) is 3.42. The molecule has 1 aliphatic heterocycles. The normalized spacial score (nSPS) is 18.4. The average molecular weight is 229 g/mol. The monoisotopic (exact) mass is 229 g/mol. The number of piperidine rings is 1. The van der Waals surface area contributed by atoms with Gasteiger partial charge in [-0.1, -0.05) is 24.3 Å². The second kappa shape index (κ2) is 5.50. The van der Waals surface area contributed by atoms with Crippen molar-refractivity contribution >= 4 is 5.57 Å². The molecule has 0 bridgehead atoms. The third-order valence-electron chi connectivity index (χ3n) is 3.74. The summed E-state index contributed by atoms with van der Waals surface area (Å²) < 4.78 is 0. The number of benzene rings is 1. The first-order valence-corrected chi connectivity index (χ1v) is 6.64. The first kappa shape index (κ1) is 12.4. The standard InChI is InChI=1S/C16H23N/c1-12-5-4-6-13(2)16(12)14(3)11-15-7-9-17-10-8-15/h4-6,11,15,17H,7-10H2,1-3H3. The van der Waals surface area contributed by atoms with E-state index in [0.29, 0.717) is 0 Å². The summed E-state index contributed by atoms with van der Waals surface area (Å²) in [6.07, 6.45) is 5.04. The fraction of sp³-hybridized carbons (Fsp3) is 0.500. The Balaban J connectivity index is 2.23. The van der Waals surface area contributed by atoms with Crippen molar-refractivity contribution in [2.75, 3.05) is 13.1 Å². The Bertz CT molecular complexity index is 391. The van der Waals surface area contributed by atoms with E-state index in [1.54, 1.807) is 0 Å². The lowest BCUT2D eigenvalue weighted by Crippen LogP contribution is -2.26. The summed E-state index contributed by atoms with van der Waals surface area (Å²) in [7, 11) is 0. The molecule has 1 aliphatic rings. The third-order valence-corrected chi connectivity index (χ3v) is 3.74. The predicted octanol–water partition coefficient (Wildman–Crippen LogP) is 3.71. The fourth-order valence-electron chi connectivity index (χ4n) is 2.88. The molecule has 92 valence electrons. The summed E-state index contributed by atoms with van der Waals surface area (Å²) in [5.74, 6) is 0.759. The lowest BCUT2D eigenvalue weighted by Gasteiger charge is -2.21. The van der Waals surface area contributed by atoms with Crippen LogP contribution in [0.4, 0.5) is 0 Å². The van der Waals surface area contributed by atoms with Crippen LogP contribution in [0.3, 0.4) is 0 Å². The zero-order valence-electron chi connectivity index (χ0n) is 11.2. The Kier molecular flexibility index (Phi) is 4.01. The van der Waals surface area contributed by atoms with E-state index in [4.69, 9.17) is 0 Å². The molecule has 1 heteroatoms. The Morgan fingerprint density at radius 3 is 2.35 bits per heavy atom. The van der Waals surface area contributed by atoms with Gasteiger partial charge in [0.15, 0.2) is 0 Å². The molecule has 17 heavy (non-hydrogen) atoms. The SMILES string of the molecule is CC(=CC1CCNCC1)c1c(C)cccc1C. The second-order valence-electron chi connectivity index (χ2n) is 5.20. The highest BCUT2D eigenvalue weighted by Crippen LogP contribution is 2.25. The van der Waals surface area contributed by atoms with Crippen LogP contribution in [0.1, 0.15) is 36.5 Å². The minimum Gasteiger partial charge on any atom is -0.317 e. The summed E-state index contributed by atoms with van der Waals surface area (Å²) >= 11 is 0. The highest BCUT2D eigenvalue weighted by molar-refractivity contribution is 5.69. The van der Waals surface area contributed by atoms with E-state index < -0.39 is 0 Å². The van der Waals surface area contributed by atoms with Crippen molar-refractivity contribution in [3.8, 4) is 0 Å². The number of allylic oxidation sites excluding steroid dienone is 2. The molecule has 0 atom stereocenters. The molecule has 1 nitrogen and oxygen atoms in total. The maximum absolute atomic E-state index is 3.42. The summed E-state index contributed by atoms with van der Waals surface area (Å²) in [6, 6.07) is 6.57. The van der Waals surface area contributed by atoms with Crippen molar-refractivity contribution in [3.05, 3.63) is 41.0 Å². The van der Waals surface area contributed by atoms with E-state index in [0.717, 1.165) is 5.92 Å². The van der Waals surface area contributed by atoms with Gasteiger partial charge in [0.2, 0.25) is 0 Å². The molecule has 0 aromatic heterocycles. The van der Waals surface area contributed by atoms with E-state index in [1.165, 1.54) is 48.2 Å². The highest BCUT2D eigenvalue weighted by atomic mass is 14.9. The molecule has 1 aromatic carbocycles. The highest BCUT2D eigenvalue weighted by Gasteiger charge is 2.12. The Hall–Kier alpha value is -1.08. The van der Waals surface area contributed by atoms with Crippen LogP contribution in [-0.2, 0) is 0 Å². The molecule has 1 N–H and O–H groups in total. The van der Waals surface area contributed by atoms with Crippen molar-refractivity contribution < 1.29 is 0 Å². The lowest BCUT2D eigenvalue weighted by atomic mass is 9.90. The van der Waals surface area contributed by atoms with Gasteiger partial charge in [-0.15, -0.1) is 0 Å². The van der Waals surface area contributed by atoms with E-state index in [-0.39, 0.29) is 0 Å². The van der Waals surface area contributed by atoms with E-state index in [9.17, 15) is 0 Å². The van der Waals surface area contributed by atoms with Crippen LogP contribution in [0.25, 0.3) is 5.57 Å². The van der Waals surface area contributed by atoms with Crippen molar-refractivity contribution in [2.45, 2.75) is 33.6 Å². The molecule has 0 radical (unpaired) electrons. The summed E-state index contributed by atoms with van der Waals surface area (Å²) in [6.45, 7) is 9.02. The average Bonchev–Trinajstić information content (AvgIpc) is 2.30. The van der Waals surface area contributed by atoms with Crippen LogP contribution in [0.5, 0.6) is 0 Å². The van der Waals surface area contributed by atoms with Crippen LogP contribution < -0.4 is 5.32 Å². The van der Waals surface area contributed by atoms with Gasteiger partial charge in [0, 0.05) is 0 Å². The third kappa shape index (κ3) is 2.98. The van der Waals surface area contributed by atoms with E-state index in [2.05, 4.69) is 50.4 Å². The minimum atomic E-state index is 0.759. The number of aryl methyl sites for hydroxylation is 2. The van der Waals surface area contributed by atoms with E-state index in [1.807, 2.05) is 0 Å². The molecule has 1 aromatic rings. The van der Waals surface area contributed by atoms with Crippen molar-refractivity contribution in [1.29, 1.82) is 0 Å². The summed E-state index contributed by atoms with van der Waals surface area (Å²) in [4.78, 5) is 0. The molecule has 1 heterocycles. The maximum Gasteiger partial charge on any atom is -0.00433 e. The van der Waals surface area contributed by atoms with Crippen LogP contribution in [0.2, 0.25) is 0 Å². The molecule has 0 amide bonds. The van der Waals surface area contributed by atoms with Gasteiger partial charge >= 0.3 is 0 Å². The van der Waals surface area contributed by atoms with Gasteiger partial charge in [-0.25, -0.2) is 0 Å². The Morgan fingerprint density at radius 1 is 1.18 bits per heavy atom. The largest absolute Gasteiger partial charge is 0.317 e. The quantitative estimate of drug-likeness (QED) is 0.815. The number of rotatable bonds is 2. The van der Waals surface area contributed by atoms with Gasteiger partial charge in [0.05, 0.1) is 0 Å². The molecule has 2 rings (SSSR count). The molecular formula is C16H23N. The van der Waals surface area contributed by atoms with Crippen LogP contribution in [-0.4, -0.2) is 13.1 Å². The van der Waals surface area contributed by atoms with Gasteiger partial charge in [0.1, 0.15) is 0 Å². The molecule has 0 unspecified atom stereocenters. The zero-order chi connectivity index (χ0) is 12.3. The number of hydrogen-bond acceptors (Lipinski definition) is 1. The minimum absolute atomic E-state index is 0.759. The van der Waals surface area contributed by atoms with Crippen molar-refractivity contribution in [2.24, 2.45) is 5.92 Å². The van der Waals surface area contributed by atoms with E-state index >= 15 is 0 Å². The van der Waals surface area contributed by atoms with Gasteiger partial charge in [-0.3, -0.25) is 0 Å². The molecular weight excluding hydrogens is 206 g/mol. The molecule has 0 spiro atoms.